The summed E-state index contributed by atoms with van der Waals surface area (Å²) in [5, 5.41) is 5.25. The average Bonchev–Trinajstić information content (AvgIpc) is 3.07. The Bertz CT molecular complexity index is 1030. The highest BCUT2D eigenvalue weighted by atomic mass is 79.9. The third kappa shape index (κ3) is 2.30. The van der Waals surface area contributed by atoms with Gasteiger partial charge < -0.3 is 14.8 Å². The molecule has 0 saturated heterocycles. The quantitative estimate of drug-likeness (QED) is 0.643. The van der Waals surface area contributed by atoms with Crippen molar-refractivity contribution in [3.05, 3.63) is 64.1 Å². The summed E-state index contributed by atoms with van der Waals surface area (Å²) in [4.78, 5) is 12.4. The van der Waals surface area contributed by atoms with Gasteiger partial charge >= 0.3 is 0 Å². The normalized spacial score (nSPS) is 18.1. The summed E-state index contributed by atoms with van der Waals surface area (Å²) in [5.74, 6) is 1.46. The van der Waals surface area contributed by atoms with Gasteiger partial charge in [-0.2, -0.15) is 0 Å². The maximum Gasteiger partial charge on any atom is 0.231 e. The van der Waals surface area contributed by atoms with Crippen LogP contribution in [0.2, 0.25) is 0 Å². The van der Waals surface area contributed by atoms with Crippen molar-refractivity contribution in [2.45, 2.75) is 12.3 Å². The first kappa shape index (κ1) is 14.8. The Morgan fingerprint density at radius 1 is 1.00 bits per heavy atom. The van der Waals surface area contributed by atoms with E-state index in [0.29, 0.717) is 6.42 Å². The molecule has 0 fully saturated rings. The molecule has 0 bridgehead atoms. The molecule has 2 heterocycles. The van der Waals surface area contributed by atoms with E-state index in [1.807, 2.05) is 30.3 Å². The molecule has 0 radical (unpaired) electrons. The van der Waals surface area contributed by atoms with Crippen LogP contribution in [0.4, 0.5) is 5.69 Å². The van der Waals surface area contributed by atoms with Crippen LogP contribution in [0.5, 0.6) is 11.5 Å². The number of hydrogen-bond donors (Lipinski definition) is 1. The predicted molar refractivity (Wildman–Crippen MR) is 99.3 cm³/mol. The fourth-order valence-electron chi connectivity index (χ4n) is 3.68. The average molecular weight is 396 g/mol. The molecule has 0 aromatic heterocycles. The summed E-state index contributed by atoms with van der Waals surface area (Å²) in [5.41, 5.74) is 3.07. The first-order valence-electron chi connectivity index (χ1n) is 8.11. The molecule has 2 aliphatic heterocycles. The summed E-state index contributed by atoms with van der Waals surface area (Å²) in [6, 6.07) is 16.2. The summed E-state index contributed by atoms with van der Waals surface area (Å²) < 4.78 is 11.9. The molecule has 0 spiro atoms. The standard InChI is InChI=1S/C20H14BrNO3/c21-16-9-18-17(24-10-25-18)7-15(16)14-8-19(23)22-20-12-4-2-1-3-11(12)5-6-13(14)20/h1-7,9,14H,8,10H2,(H,22,23). The van der Waals surface area contributed by atoms with Gasteiger partial charge in [-0.15, -0.1) is 0 Å². The van der Waals surface area contributed by atoms with Gasteiger partial charge in [0.1, 0.15) is 0 Å². The van der Waals surface area contributed by atoms with E-state index in [-0.39, 0.29) is 18.6 Å². The van der Waals surface area contributed by atoms with Crippen LogP contribution in [-0.4, -0.2) is 12.7 Å². The van der Waals surface area contributed by atoms with Gasteiger partial charge in [0.2, 0.25) is 12.7 Å². The van der Waals surface area contributed by atoms with Crippen molar-refractivity contribution < 1.29 is 14.3 Å². The first-order valence-corrected chi connectivity index (χ1v) is 8.90. The Kier molecular flexibility index (Phi) is 3.25. The molecule has 5 rings (SSSR count). The first-order chi connectivity index (χ1) is 12.2. The van der Waals surface area contributed by atoms with Crippen molar-refractivity contribution in [2.24, 2.45) is 0 Å². The smallest absolute Gasteiger partial charge is 0.231 e. The SMILES string of the molecule is O=C1CC(c2cc3c(cc2Br)OCO3)c2ccc3ccccc3c2N1. The number of anilines is 1. The lowest BCUT2D eigenvalue weighted by Crippen LogP contribution is -2.24. The van der Waals surface area contributed by atoms with Crippen LogP contribution in [0, 0.1) is 0 Å². The molecule has 5 heteroatoms. The van der Waals surface area contributed by atoms with Crippen LogP contribution in [-0.2, 0) is 4.79 Å². The van der Waals surface area contributed by atoms with E-state index in [2.05, 4.69) is 39.4 Å². The zero-order chi connectivity index (χ0) is 17.0. The van der Waals surface area contributed by atoms with Gasteiger partial charge in [0, 0.05) is 22.2 Å². The Morgan fingerprint density at radius 3 is 2.68 bits per heavy atom. The second kappa shape index (κ2) is 5.49. The van der Waals surface area contributed by atoms with Crippen molar-refractivity contribution in [3.63, 3.8) is 0 Å². The molecule has 0 aliphatic carbocycles. The molecule has 3 aromatic rings. The Balaban J connectivity index is 1.72. The van der Waals surface area contributed by atoms with Crippen LogP contribution in [0.15, 0.2) is 53.0 Å². The number of amides is 1. The fraction of sp³-hybridized carbons (Fsp3) is 0.150. The molecule has 0 saturated carbocycles. The van der Waals surface area contributed by atoms with Crippen LogP contribution < -0.4 is 14.8 Å². The Morgan fingerprint density at radius 2 is 1.80 bits per heavy atom. The van der Waals surface area contributed by atoms with E-state index in [1.54, 1.807) is 0 Å². The molecule has 2 aliphatic rings. The molecule has 1 N–H and O–H groups in total. The van der Waals surface area contributed by atoms with Crippen LogP contribution >= 0.6 is 15.9 Å². The number of benzene rings is 3. The van der Waals surface area contributed by atoms with Crippen molar-refractivity contribution in [1.82, 2.24) is 0 Å². The molecule has 4 nitrogen and oxygen atoms in total. The Hall–Kier alpha value is -2.53. The zero-order valence-corrected chi connectivity index (χ0v) is 14.8. The highest BCUT2D eigenvalue weighted by molar-refractivity contribution is 9.10. The summed E-state index contributed by atoms with van der Waals surface area (Å²) >= 11 is 3.64. The summed E-state index contributed by atoms with van der Waals surface area (Å²) in [6.45, 7) is 0.234. The van der Waals surface area contributed by atoms with Gasteiger partial charge in [-0.1, -0.05) is 52.3 Å². The molecule has 3 aromatic carbocycles. The lowest BCUT2D eigenvalue weighted by atomic mass is 9.83. The molecular formula is C20H14BrNO3. The number of nitrogens with one attached hydrogen (secondary N) is 1. The summed E-state index contributed by atoms with van der Waals surface area (Å²) in [7, 11) is 0. The van der Waals surface area contributed by atoms with Gasteiger partial charge in [0.05, 0.1) is 5.69 Å². The van der Waals surface area contributed by atoms with Gasteiger partial charge in [-0.05, 0) is 28.6 Å². The minimum absolute atomic E-state index is 0.0263. The molecule has 1 atom stereocenters. The van der Waals surface area contributed by atoms with E-state index in [4.69, 9.17) is 9.47 Å². The zero-order valence-electron chi connectivity index (χ0n) is 13.2. The van der Waals surface area contributed by atoms with Gasteiger partial charge in [-0.25, -0.2) is 0 Å². The highest BCUT2D eigenvalue weighted by Crippen LogP contribution is 2.46. The van der Waals surface area contributed by atoms with Crippen molar-refractivity contribution in [1.29, 1.82) is 0 Å². The monoisotopic (exact) mass is 395 g/mol. The largest absolute Gasteiger partial charge is 0.454 e. The fourth-order valence-corrected chi connectivity index (χ4v) is 4.28. The van der Waals surface area contributed by atoms with E-state index in [9.17, 15) is 4.79 Å². The van der Waals surface area contributed by atoms with Crippen LogP contribution in [0.3, 0.4) is 0 Å². The van der Waals surface area contributed by atoms with E-state index in [0.717, 1.165) is 43.6 Å². The number of carbonyl (C=O) groups excluding carboxylic acids is 1. The van der Waals surface area contributed by atoms with Crippen molar-refractivity contribution >= 4 is 38.3 Å². The van der Waals surface area contributed by atoms with Gasteiger partial charge in [0.25, 0.3) is 0 Å². The van der Waals surface area contributed by atoms with E-state index in [1.165, 1.54) is 0 Å². The number of halogens is 1. The topological polar surface area (TPSA) is 47.6 Å². The highest BCUT2D eigenvalue weighted by Gasteiger charge is 2.30. The number of fused-ring (bicyclic) bond motifs is 4. The minimum atomic E-state index is -0.0303. The third-order valence-electron chi connectivity index (χ3n) is 4.86. The van der Waals surface area contributed by atoms with Crippen molar-refractivity contribution in [3.8, 4) is 11.5 Å². The summed E-state index contributed by atoms with van der Waals surface area (Å²) in [6.07, 6.45) is 0.406. The number of hydrogen-bond acceptors (Lipinski definition) is 3. The van der Waals surface area contributed by atoms with Crippen LogP contribution in [0.1, 0.15) is 23.5 Å². The number of carbonyl (C=O) groups is 1. The molecule has 25 heavy (non-hydrogen) atoms. The maximum absolute atomic E-state index is 12.4. The van der Waals surface area contributed by atoms with E-state index >= 15 is 0 Å². The molecular weight excluding hydrogens is 382 g/mol. The molecule has 124 valence electrons. The second-order valence-corrected chi connectivity index (χ2v) is 7.14. The van der Waals surface area contributed by atoms with Crippen molar-refractivity contribution in [2.75, 3.05) is 12.1 Å². The maximum atomic E-state index is 12.4. The van der Waals surface area contributed by atoms with Gasteiger partial charge in [-0.3, -0.25) is 4.79 Å². The molecule has 1 amide bonds. The molecule has 1 unspecified atom stereocenters. The second-order valence-electron chi connectivity index (χ2n) is 6.28. The van der Waals surface area contributed by atoms with Gasteiger partial charge in [0.15, 0.2) is 11.5 Å². The number of rotatable bonds is 1. The predicted octanol–water partition coefficient (Wildman–Crippen LogP) is 4.81. The third-order valence-corrected chi connectivity index (χ3v) is 5.54. The lowest BCUT2D eigenvalue weighted by molar-refractivity contribution is -0.116. The van der Waals surface area contributed by atoms with Crippen LogP contribution in [0.25, 0.3) is 10.8 Å². The number of ether oxygens (including phenoxy) is 2. The van der Waals surface area contributed by atoms with E-state index < -0.39 is 0 Å². The lowest BCUT2D eigenvalue weighted by Gasteiger charge is -2.28. The Labute approximate surface area is 152 Å². The minimum Gasteiger partial charge on any atom is -0.454 e.